The van der Waals surface area contributed by atoms with Gasteiger partial charge in [0.25, 0.3) is 5.91 Å². The van der Waals surface area contributed by atoms with Crippen LogP contribution in [0.5, 0.6) is 0 Å². The maximum atomic E-state index is 13.4. The summed E-state index contributed by atoms with van der Waals surface area (Å²) in [5, 5.41) is 3.14. The molecule has 33 heavy (non-hydrogen) atoms. The molecule has 0 radical (unpaired) electrons. The molecule has 1 heterocycles. The molecule has 9 heteroatoms. The van der Waals surface area contributed by atoms with Crippen LogP contribution in [0.1, 0.15) is 11.1 Å². The molecule has 1 aromatic heterocycles. The molecule has 0 bridgehead atoms. The Bertz CT molecular complexity index is 1410. The van der Waals surface area contributed by atoms with Gasteiger partial charge in [-0.15, -0.1) is 0 Å². The van der Waals surface area contributed by atoms with E-state index >= 15 is 0 Å². The van der Waals surface area contributed by atoms with Crippen LogP contribution in [0.3, 0.4) is 0 Å². The summed E-state index contributed by atoms with van der Waals surface area (Å²) in [6.07, 6.45) is 1.57. The first kappa shape index (κ1) is 22.0. The number of hydrogen-bond donors (Lipinski definition) is 3. The Balaban J connectivity index is 1.48. The van der Waals surface area contributed by atoms with Crippen LogP contribution in [-0.4, -0.2) is 28.5 Å². The van der Waals surface area contributed by atoms with Crippen molar-refractivity contribution < 1.29 is 18.7 Å². The minimum Gasteiger partial charge on any atom is -0.452 e. The third-order valence-corrected chi connectivity index (χ3v) is 4.94. The zero-order chi connectivity index (χ0) is 23.4. The van der Waals surface area contributed by atoms with E-state index < -0.39 is 24.3 Å². The van der Waals surface area contributed by atoms with Gasteiger partial charge in [0.05, 0.1) is 16.6 Å². The van der Waals surface area contributed by atoms with Crippen LogP contribution < -0.4 is 11.0 Å². The Kier molecular flexibility index (Phi) is 6.37. The molecule has 0 atom stereocenters. The van der Waals surface area contributed by atoms with E-state index in [1.165, 1.54) is 24.3 Å². The Morgan fingerprint density at radius 2 is 1.67 bits per heavy atom. The average molecular weight is 466 g/mol. The maximum absolute atomic E-state index is 13.4. The largest absolute Gasteiger partial charge is 0.452 e. The lowest BCUT2D eigenvalue weighted by Gasteiger charge is -2.10. The quantitative estimate of drug-likeness (QED) is 0.223. The minimum atomic E-state index is -0.753. The van der Waals surface area contributed by atoms with Gasteiger partial charge in [0, 0.05) is 10.7 Å². The molecule has 166 valence electrons. The first-order valence-electron chi connectivity index (χ1n) is 9.79. The van der Waals surface area contributed by atoms with E-state index in [0.717, 1.165) is 0 Å². The number of nitrogens with one attached hydrogen (secondary N) is 3. The van der Waals surface area contributed by atoms with E-state index in [0.29, 0.717) is 32.9 Å². The standard InChI is InChI=1S/C24H17ClFN3O4/c25-16-5-1-14(2-6-16)11-19(15-3-7-17(26)8-4-15)23(31)33-13-22(30)27-18-9-10-20-21(12-18)29-24(32)28-20/h1-12H,13H2,(H,27,30)(H2,28,29,32)/b19-11+. The summed E-state index contributed by atoms with van der Waals surface area (Å²) < 4.78 is 18.6. The van der Waals surface area contributed by atoms with Crippen molar-refractivity contribution in [1.82, 2.24) is 9.97 Å². The number of carbonyl (C=O) groups is 2. The van der Waals surface area contributed by atoms with Gasteiger partial charge in [-0.25, -0.2) is 14.0 Å². The number of hydrogen-bond acceptors (Lipinski definition) is 4. The number of rotatable bonds is 6. The van der Waals surface area contributed by atoms with Gasteiger partial charge in [0.15, 0.2) is 6.61 Å². The number of benzene rings is 3. The van der Waals surface area contributed by atoms with Crippen molar-refractivity contribution in [3.05, 3.63) is 99.2 Å². The number of aromatic amines is 2. The molecule has 4 aromatic rings. The predicted molar refractivity (Wildman–Crippen MR) is 124 cm³/mol. The van der Waals surface area contributed by atoms with E-state index in [2.05, 4.69) is 15.3 Å². The Labute approximate surface area is 191 Å². The molecule has 0 unspecified atom stereocenters. The van der Waals surface area contributed by atoms with E-state index in [4.69, 9.17) is 16.3 Å². The molecule has 1 amide bonds. The zero-order valence-corrected chi connectivity index (χ0v) is 17.8. The number of fused-ring (bicyclic) bond motifs is 1. The van der Waals surface area contributed by atoms with Gasteiger partial charge in [-0.05, 0) is 59.7 Å². The van der Waals surface area contributed by atoms with Gasteiger partial charge < -0.3 is 20.0 Å². The molecule has 0 saturated heterocycles. The average Bonchev–Trinajstić information content (AvgIpc) is 3.17. The zero-order valence-electron chi connectivity index (χ0n) is 17.0. The van der Waals surface area contributed by atoms with Gasteiger partial charge in [-0.3, -0.25) is 4.79 Å². The van der Waals surface area contributed by atoms with Gasteiger partial charge >= 0.3 is 11.7 Å². The van der Waals surface area contributed by atoms with E-state index in [-0.39, 0.29) is 11.3 Å². The number of ether oxygens (including phenoxy) is 1. The number of H-pyrrole nitrogens is 2. The van der Waals surface area contributed by atoms with Gasteiger partial charge in [0.2, 0.25) is 0 Å². The normalized spacial score (nSPS) is 11.4. The highest BCUT2D eigenvalue weighted by Crippen LogP contribution is 2.22. The Morgan fingerprint density at radius 3 is 2.39 bits per heavy atom. The van der Waals surface area contributed by atoms with Crippen LogP contribution in [-0.2, 0) is 14.3 Å². The first-order chi connectivity index (χ1) is 15.9. The molecule has 4 rings (SSSR count). The van der Waals surface area contributed by atoms with Crippen molar-refractivity contribution in [3.8, 4) is 0 Å². The summed E-state index contributed by atoms with van der Waals surface area (Å²) in [5.74, 6) is -1.76. The third kappa shape index (κ3) is 5.55. The highest BCUT2D eigenvalue weighted by atomic mass is 35.5. The van der Waals surface area contributed by atoms with Gasteiger partial charge in [-0.2, -0.15) is 0 Å². The highest BCUT2D eigenvalue weighted by Gasteiger charge is 2.16. The topological polar surface area (TPSA) is 104 Å². The summed E-state index contributed by atoms with van der Waals surface area (Å²) in [4.78, 5) is 41.7. The van der Waals surface area contributed by atoms with Crippen molar-refractivity contribution in [2.45, 2.75) is 0 Å². The summed E-state index contributed by atoms with van der Waals surface area (Å²) in [7, 11) is 0. The molecular weight excluding hydrogens is 449 g/mol. The van der Waals surface area contributed by atoms with Crippen LogP contribution in [0.2, 0.25) is 5.02 Å². The lowest BCUT2D eigenvalue weighted by atomic mass is 10.0. The van der Waals surface area contributed by atoms with E-state index in [1.807, 2.05) is 0 Å². The number of imidazole rings is 1. The van der Waals surface area contributed by atoms with Crippen LogP contribution in [0.25, 0.3) is 22.7 Å². The smallest absolute Gasteiger partial charge is 0.339 e. The fourth-order valence-corrected chi connectivity index (χ4v) is 3.26. The van der Waals surface area contributed by atoms with Crippen LogP contribution in [0, 0.1) is 5.82 Å². The number of carbonyl (C=O) groups excluding carboxylic acids is 2. The fourth-order valence-electron chi connectivity index (χ4n) is 3.13. The molecule has 0 saturated carbocycles. The van der Waals surface area contributed by atoms with Crippen molar-refractivity contribution in [2.24, 2.45) is 0 Å². The summed E-state index contributed by atoms with van der Waals surface area (Å²) in [5.41, 5.74) is 2.45. The number of esters is 1. The minimum absolute atomic E-state index is 0.149. The second kappa shape index (κ2) is 9.54. The summed E-state index contributed by atoms with van der Waals surface area (Å²) in [6, 6.07) is 17.0. The van der Waals surface area contributed by atoms with Gasteiger partial charge in [-0.1, -0.05) is 35.9 Å². The van der Waals surface area contributed by atoms with Crippen molar-refractivity contribution in [3.63, 3.8) is 0 Å². The van der Waals surface area contributed by atoms with Crippen molar-refractivity contribution in [2.75, 3.05) is 11.9 Å². The lowest BCUT2D eigenvalue weighted by molar-refractivity contribution is -0.141. The molecule has 0 aliphatic carbocycles. The second-order valence-electron chi connectivity index (χ2n) is 7.08. The SMILES string of the molecule is O=C(COC(=O)/C(=C/c1ccc(Cl)cc1)c1ccc(F)cc1)Nc1ccc2[nH]c(=O)[nH]c2c1. The molecular formula is C24H17ClFN3O4. The molecule has 0 aliphatic rings. The van der Waals surface area contributed by atoms with Crippen LogP contribution in [0.15, 0.2) is 71.5 Å². The number of amides is 1. The molecule has 0 spiro atoms. The number of anilines is 1. The van der Waals surface area contributed by atoms with E-state index in [1.54, 1.807) is 48.5 Å². The van der Waals surface area contributed by atoms with Crippen molar-refractivity contribution in [1.29, 1.82) is 0 Å². The lowest BCUT2D eigenvalue weighted by Crippen LogP contribution is -2.21. The summed E-state index contributed by atoms with van der Waals surface area (Å²) >= 11 is 5.91. The number of aromatic nitrogens is 2. The Hall–Kier alpha value is -4.17. The number of halogens is 2. The second-order valence-corrected chi connectivity index (χ2v) is 7.52. The van der Waals surface area contributed by atoms with Crippen LogP contribution in [0.4, 0.5) is 10.1 Å². The molecule has 3 N–H and O–H groups in total. The monoisotopic (exact) mass is 465 g/mol. The molecule has 3 aromatic carbocycles. The molecule has 0 fully saturated rings. The maximum Gasteiger partial charge on any atom is 0.339 e. The molecule has 0 aliphatic heterocycles. The molecule has 7 nitrogen and oxygen atoms in total. The highest BCUT2D eigenvalue weighted by molar-refractivity contribution is 6.30. The first-order valence-corrected chi connectivity index (χ1v) is 10.2. The predicted octanol–water partition coefficient (Wildman–Crippen LogP) is 4.37. The van der Waals surface area contributed by atoms with Crippen molar-refractivity contribution >= 4 is 51.8 Å². The van der Waals surface area contributed by atoms with Gasteiger partial charge in [0.1, 0.15) is 5.82 Å². The van der Waals surface area contributed by atoms with E-state index in [9.17, 15) is 18.8 Å². The third-order valence-electron chi connectivity index (χ3n) is 4.69. The Morgan fingerprint density at radius 1 is 0.970 bits per heavy atom. The summed E-state index contributed by atoms with van der Waals surface area (Å²) in [6.45, 7) is -0.542. The fraction of sp³-hybridized carbons (Fsp3) is 0.0417. The van der Waals surface area contributed by atoms with Crippen LogP contribution >= 0.6 is 11.6 Å².